The molecule has 0 saturated heterocycles. The van der Waals surface area contributed by atoms with Gasteiger partial charge in [-0.15, -0.1) is 24.0 Å². The van der Waals surface area contributed by atoms with Gasteiger partial charge in [0.25, 0.3) is 0 Å². The molecule has 1 atom stereocenters. The van der Waals surface area contributed by atoms with Gasteiger partial charge in [-0.05, 0) is 30.2 Å². The largest absolute Gasteiger partial charge is 0.379 e. The van der Waals surface area contributed by atoms with Crippen LogP contribution in [0.1, 0.15) is 25.3 Å². The van der Waals surface area contributed by atoms with Crippen LogP contribution in [0.25, 0.3) is 0 Å². The molecule has 6 heteroatoms. The maximum absolute atomic E-state index is 5.77. The van der Waals surface area contributed by atoms with Gasteiger partial charge in [0.05, 0.1) is 19.8 Å². The molecule has 5 nitrogen and oxygen atoms in total. The number of aliphatic imine (C=N–C) groups is 1. The Morgan fingerprint density at radius 3 is 2.64 bits per heavy atom. The Hall–Kier alpha value is -0.860. The summed E-state index contributed by atoms with van der Waals surface area (Å²) in [4.78, 5) is 4.23. The van der Waals surface area contributed by atoms with Crippen molar-refractivity contribution in [1.82, 2.24) is 10.6 Å². The third-order valence-corrected chi connectivity index (χ3v) is 3.94. The average Bonchev–Trinajstić information content (AvgIpc) is 3.42. The first kappa shape index (κ1) is 22.2. The predicted molar refractivity (Wildman–Crippen MR) is 114 cm³/mol. The average molecular weight is 461 g/mol. The molecule has 1 saturated carbocycles. The van der Waals surface area contributed by atoms with Crippen molar-refractivity contribution < 1.29 is 9.47 Å². The number of halogens is 1. The van der Waals surface area contributed by atoms with E-state index < -0.39 is 0 Å². The maximum atomic E-state index is 5.77. The number of hydrogen-bond donors (Lipinski definition) is 2. The van der Waals surface area contributed by atoms with Crippen molar-refractivity contribution in [3.05, 3.63) is 35.9 Å². The highest BCUT2D eigenvalue weighted by molar-refractivity contribution is 14.0. The number of nitrogens with zero attached hydrogens (tertiary/aromatic N) is 1. The molecule has 1 aromatic rings. The van der Waals surface area contributed by atoms with Crippen LogP contribution >= 0.6 is 24.0 Å². The van der Waals surface area contributed by atoms with E-state index in [0.717, 1.165) is 44.8 Å². The van der Waals surface area contributed by atoms with Crippen LogP contribution in [0.15, 0.2) is 35.3 Å². The summed E-state index contributed by atoms with van der Waals surface area (Å²) in [5, 5.41) is 6.61. The fourth-order valence-corrected chi connectivity index (χ4v) is 2.28. The Kier molecular flexibility index (Phi) is 11.9. The smallest absolute Gasteiger partial charge is 0.191 e. The third-order valence-electron chi connectivity index (χ3n) is 3.94. The van der Waals surface area contributed by atoms with Crippen LogP contribution in [0.2, 0.25) is 0 Å². The lowest BCUT2D eigenvalue weighted by Gasteiger charge is -2.16. The molecule has 1 aliphatic rings. The van der Waals surface area contributed by atoms with Crippen molar-refractivity contribution in [2.75, 3.05) is 40.0 Å². The van der Waals surface area contributed by atoms with Crippen molar-refractivity contribution in [3.8, 4) is 0 Å². The first-order valence-electron chi connectivity index (χ1n) is 8.92. The zero-order chi connectivity index (χ0) is 17.0. The van der Waals surface area contributed by atoms with Crippen LogP contribution in [0, 0.1) is 11.8 Å². The Labute approximate surface area is 169 Å². The quantitative estimate of drug-likeness (QED) is 0.230. The van der Waals surface area contributed by atoms with Crippen LogP contribution in [-0.2, 0) is 16.1 Å². The summed E-state index contributed by atoms with van der Waals surface area (Å²) in [7, 11) is 1.79. The van der Waals surface area contributed by atoms with E-state index in [4.69, 9.17) is 9.47 Å². The number of nitrogens with one attached hydrogen (secondary N) is 2. The minimum atomic E-state index is 0. The minimum absolute atomic E-state index is 0. The first-order chi connectivity index (χ1) is 11.8. The number of guanidine groups is 1. The van der Waals surface area contributed by atoms with E-state index in [1.807, 2.05) is 18.2 Å². The van der Waals surface area contributed by atoms with Crippen LogP contribution in [0.3, 0.4) is 0 Å². The van der Waals surface area contributed by atoms with Crippen LogP contribution in [0.4, 0.5) is 0 Å². The zero-order valence-corrected chi connectivity index (χ0v) is 17.7. The lowest BCUT2D eigenvalue weighted by molar-refractivity contribution is 0.0930. The molecule has 0 amide bonds. The molecule has 0 bridgehead atoms. The SMILES string of the molecule is CN=C(NCCOCC1CC1)NCC(C)COCc1ccccc1.I. The lowest BCUT2D eigenvalue weighted by Crippen LogP contribution is -2.41. The summed E-state index contributed by atoms with van der Waals surface area (Å²) < 4.78 is 11.4. The van der Waals surface area contributed by atoms with Crippen molar-refractivity contribution in [1.29, 1.82) is 0 Å². The Morgan fingerprint density at radius 1 is 1.20 bits per heavy atom. The van der Waals surface area contributed by atoms with E-state index in [1.54, 1.807) is 7.05 Å². The zero-order valence-electron chi connectivity index (χ0n) is 15.4. The van der Waals surface area contributed by atoms with E-state index >= 15 is 0 Å². The van der Waals surface area contributed by atoms with Gasteiger partial charge in [-0.25, -0.2) is 0 Å². The summed E-state index contributed by atoms with van der Waals surface area (Å²) >= 11 is 0. The van der Waals surface area contributed by atoms with Gasteiger partial charge in [-0.1, -0.05) is 37.3 Å². The van der Waals surface area contributed by atoms with E-state index in [2.05, 4.69) is 34.7 Å². The fourth-order valence-electron chi connectivity index (χ4n) is 2.28. The highest BCUT2D eigenvalue weighted by atomic mass is 127. The van der Waals surface area contributed by atoms with Crippen molar-refractivity contribution in [3.63, 3.8) is 0 Å². The van der Waals surface area contributed by atoms with Gasteiger partial charge in [0, 0.05) is 26.7 Å². The molecular weight excluding hydrogens is 429 g/mol. The van der Waals surface area contributed by atoms with Gasteiger partial charge in [0.2, 0.25) is 0 Å². The lowest BCUT2D eigenvalue weighted by atomic mass is 10.2. The van der Waals surface area contributed by atoms with Gasteiger partial charge in [0.1, 0.15) is 0 Å². The standard InChI is InChI=1S/C19H31N3O2.HI/c1-16(13-24-15-17-6-4-3-5-7-17)12-22-19(20-2)21-10-11-23-14-18-8-9-18;/h3-7,16,18H,8-15H2,1-2H3,(H2,20,21,22);1H. The molecule has 0 spiro atoms. The van der Waals surface area contributed by atoms with Crippen molar-refractivity contribution >= 4 is 29.9 Å². The van der Waals surface area contributed by atoms with Crippen molar-refractivity contribution in [2.24, 2.45) is 16.8 Å². The van der Waals surface area contributed by atoms with Gasteiger partial charge in [0.15, 0.2) is 5.96 Å². The predicted octanol–water partition coefficient (Wildman–Crippen LogP) is 3.05. The summed E-state index contributed by atoms with van der Waals surface area (Å²) in [6.45, 7) is 6.81. The number of ether oxygens (including phenoxy) is 2. The second-order valence-electron chi connectivity index (χ2n) is 6.50. The molecular formula is C19H32IN3O2. The monoisotopic (exact) mass is 461 g/mol. The molecule has 0 aromatic heterocycles. The highest BCUT2D eigenvalue weighted by Crippen LogP contribution is 2.28. The summed E-state index contributed by atoms with van der Waals surface area (Å²) in [5.41, 5.74) is 1.21. The number of hydrogen-bond acceptors (Lipinski definition) is 3. The molecule has 2 rings (SSSR count). The Balaban J connectivity index is 0.00000312. The van der Waals surface area contributed by atoms with Crippen LogP contribution in [-0.4, -0.2) is 45.9 Å². The second kappa shape index (κ2) is 13.4. The Morgan fingerprint density at radius 2 is 1.96 bits per heavy atom. The maximum Gasteiger partial charge on any atom is 0.191 e. The molecule has 0 radical (unpaired) electrons. The minimum Gasteiger partial charge on any atom is -0.379 e. The molecule has 1 aliphatic carbocycles. The second-order valence-corrected chi connectivity index (χ2v) is 6.50. The van der Waals surface area contributed by atoms with Gasteiger partial charge in [-0.2, -0.15) is 0 Å². The summed E-state index contributed by atoms with van der Waals surface area (Å²) in [6, 6.07) is 10.3. The first-order valence-corrected chi connectivity index (χ1v) is 8.92. The summed E-state index contributed by atoms with van der Waals surface area (Å²) in [5.74, 6) is 2.05. The fraction of sp³-hybridized carbons (Fsp3) is 0.632. The molecule has 1 unspecified atom stereocenters. The highest BCUT2D eigenvalue weighted by Gasteiger charge is 2.20. The van der Waals surface area contributed by atoms with E-state index in [0.29, 0.717) is 12.5 Å². The Bertz CT molecular complexity index is 481. The molecule has 1 fully saturated rings. The number of rotatable bonds is 11. The normalized spacial score (nSPS) is 15.4. The molecule has 2 N–H and O–H groups in total. The number of benzene rings is 1. The molecule has 0 heterocycles. The van der Waals surface area contributed by atoms with Crippen LogP contribution < -0.4 is 10.6 Å². The molecule has 25 heavy (non-hydrogen) atoms. The topological polar surface area (TPSA) is 54.9 Å². The molecule has 1 aromatic carbocycles. The van der Waals surface area contributed by atoms with Crippen molar-refractivity contribution in [2.45, 2.75) is 26.4 Å². The van der Waals surface area contributed by atoms with E-state index in [9.17, 15) is 0 Å². The molecule has 142 valence electrons. The van der Waals surface area contributed by atoms with Crippen LogP contribution in [0.5, 0.6) is 0 Å². The van der Waals surface area contributed by atoms with Gasteiger partial charge >= 0.3 is 0 Å². The van der Waals surface area contributed by atoms with Gasteiger partial charge < -0.3 is 20.1 Å². The third kappa shape index (κ3) is 10.7. The summed E-state index contributed by atoms with van der Waals surface area (Å²) in [6.07, 6.45) is 2.67. The van der Waals surface area contributed by atoms with E-state index in [-0.39, 0.29) is 24.0 Å². The van der Waals surface area contributed by atoms with E-state index in [1.165, 1.54) is 18.4 Å². The van der Waals surface area contributed by atoms with Gasteiger partial charge in [-0.3, -0.25) is 4.99 Å². The molecule has 0 aliphatic heterocycles.